The summed E-state index contributed by atoms with van der Waals surface area (Å²) in [5.74, 6) is 0.989. The molecule has 1 saturated heterocycles. The molecule has 2 rings (SSSR count). The van der Waals surface area contributed by atoms with Gasteiger partial charge in [-0.05, 0) is 54.2 Å². The number of aliphatic hydroxyl groups is 1. The van der Waals surface area contributed by atoms with Crippen molar-refractivity contribution in [2.45, 2.75) is 32.3 Å². The highest BCUT2D eigenvalue weighted by molar-refractivity contribution is 9.10. The zero-order valence-corrected chi connectivity index (χ0v) is 11.3. The minimum absolute atomic E-state index is 0.584. The molecule has 1 fully saturated rings. The number of hydrogen-bond acceptors (Lipinski definition) is 3. The Kier molecular flexibility index (Phi) is 3.22. The first-order chi connectivity index (χ1) is 7.48. The number of aryl methyl sites for hydroxylation is 1. The summed E-state index contributed by atoms with van der Waals surface area (Å²) in [7, 11) is 0. The Morgan fingerprint density at radius 1 is 1.56 bits per heavy atom. The molecule has 2 heterocycles. The molecule has 0 bridgehead atoms. The molecule has 1 unspecified atom stereocenters. The van der Waals surface area contributed by atoms with Crippen LogP contribution in [0.25, 0.3) is 0 Å². The van der Waals surface area contributed by atoms with Gasteiger partial charge in [0.15, 0.2) is 0 Å². The standard InChI is InChI=1S/C12H17BrN2O/c1-9-6-10(13)7-14-11(9)15-5-3-4-12(2,16)8-15/h6-7,16H,3-5,8H2,1-2H3. The lowest BCUT2D eigenvalue weighted by Crippen LogP contribution is -2.46. The van der Waals surface area contributed by atoms with E-state index in [9.17, 15) is 5.11 Å². The van der Waals surface area contributed by atoms with Gasteiger partial charge >= 0.3 is 0 Å². The Morgan fingerprint density at radius 3 is 2.94 bits per heavy atom. The fraction of sp³-hybridized carbons (Fsp3) is 0.583. The summed E-state index contributed by atoms with van der Waals surface area (Å²) >= 11 is 3.41. The first kappa shape index (κ1) is 11.9. The summed E-state index contributed by atoms with van der Waals surface area (Å²) in [4.78, 5) is 6.61. The van der Waals surface area contributed by atoms with Gasteiger partial charge in [-0.1, -0.05) is 0 Å². The van der Waals surface area contributed by atoms with E-state index in [2.05, 4.69) is 38.8 Å². The number of aromatic nitrogens is 1. The van der Waals surface area contributed by atoms with Crippen LogP contribution in [0, 0.1) is 6.92 Å². The van der Waals surface area contributed by atoms with Crippen molar-refractivity contribution in [3.63, 3.8) is 0 Å². The van der Waals surface area contributed by atoms with Crippen molar-refractivity contribution < 1.29 is 5.11 Å². The van der Waals surface area contributed by atoms with E-state index >= 15 is 0 Å². The predicted octanol–water partition coefficient (Wildman–Crippen LogP) is 2.50. The van der Waals surface area contributed by atoms with Crippen LogP contribution in [-0.2, 0) is 0 Å². The zero-order chi connectivity index (χ0) is 11.8. The molecule has 0 radical (unpaired) electrons. The topological polar surface area (TPSA) is 36.4 Å². The maximum absolute atomic E-state index is 10.1. The zero-order valence-electron chi connectivity index (χ0n) is 9.70. The molecule has 1 N–H and O–H groups in total. The first-order valence-electron chi connectivity index (χ1n) is 5.57. The van der Waals surface area contributed by atoms with E-state index < -0.39 is 5.60 Å². The number of halogens is 1. The number of pyridine rings is 1. The van der Waals surface area contributed by atoms with E-state index in [1.165, 1.54) is 0 Å². The van der Waals surface area contributed by atoms with Crippen molar-refractivity contribution in [3.05, 3.63) is 22.3 Å². The molecule has 1 aromatic heterocycles. The number of piperidine rings is 1. The van der Waals surface area contributed by atoms with Gasteiger partial charge in [0.25, 0.3) is 0 Å². The number of rotatable bonds is 1. The third-order valence-corrected chi connectivity index (χ3v) is 3.43. The first-order valence-corrected chi connectivity index (χ1v) is 6.37. The molecule has 0 saturated carbocycles. The third kappa shape index (κ3) is 2.55. The highest BCUT2D eigenvalue weighted by Crippen LogP contribution is 2.27. The van der Waals surface area contributed by atoms with Gasteiger partial charge in [-0.3, -0.25) is 0 Å². The molecule has 4 heteroatoms. The molecule has 3 nitrogen and oxygen atoms in total. The van der Waals surface area contributed by atoms with E-state index in [0.717, 1.165) is 35.2 Å². The Morgan fingerprint density at radius 2 is 2.31 bits per heavy atom. The van der Waals surface area contributed by atoms with E-state index in [0.29, 0.717) is 6.54 Å². The molecule has 0 spiro atoms. The Hall–Kier alpha value is -0.610. The Labute approximate surface area is 105 Å². The Balaban J connectivity index is 2.23. The predicted molar refractivity (Wildman–Crippen MR) is 68.7 cm³/mol. The van der Waals surface area contributed by atoms with Gasteiger partial charge in [-0.15, -0.1) is 0 Å². The van der Waals surface area contributed by atoms with Gasteiger partial charge in [0.2, 0.25) is 0 Å². The normalized spacial score (nSPS) is 25.9. The highest BCUT2D eigenvalue weighted by atomic mass is 79.9. The van der Waals surface area contributed by atoms with Crippen LogP contribution in [0.5, 0.6) is 0 Å². The molecule has 16 heavy (non-hydrogen) atoms. The van der Waals surface area contributed by atoms with Crippen LogP contribution >= 0.6 is 15.9 Å². The largest absolute Gasteiger partial charge is 0.388 e. The van der Waals surface area contributed by atoms with Crippen LogP contribution in [0.3, 0.4) is 0 Å². The van der Waals surface area contributed by atoms with Gasteiger partial charge in [0.1, 0.15) is 5.82 Å². The summed E-state index contributed by atoms with van der Waals surface area (Å²) in [5.41, 5.74) is 0.562. The summed E-state index contributed by atoms with van der Waals surface area (Å²) < 4.78 is 0.998. The number of hydrogen-bond donors (Lipinski definition) is 1. The summed E-state index contributed by atoms with van der Waals surface area (Å²) in [6.45, 7) is 5.60. The second kappa shape index (κ2) is 4.34. The number of β-amino-alcohol motifs (C(OH)–C–C–N with tert-alkyl or cyclic N) is 1. The van der Waals surface area contributed by atoms with E-state index in [1.807, 2.05) is 13.1 Å². The fourth-order valence-corrected chi connectivity index (χ4v) is 2.71. The molecule has 88 valence electrons. The van der Waals surface area contributed by atoms with Crippen molar-refractivity contribution in [1.82, 2.24) is 4.98 Å². The summed E-state index contributed by atoms with van der Waals surface area (Å²) in [6, 6.07) is 2.06. The molecule has 0 aromatic carbocycles. The van der Waals surface area contributed by atoms with Crippen molar-refractivity contribution >= 4 is 21.7 Å². The molecule has 0 aliphatic carbocycles. The lowest BCUT2D eigenvalue weighted by atomic mass is 9.95. The van der Waals surface area contributed by atoms with Gasteiger partial charge < -0.3 is 10.0 Å². The molecule has 1 aliphatic rings. The monoisotopic (exact) mass is 284 g/mol. The van der Waals surface area contributed by atoms with Crippen molar-refractivity contribution in [2.75, 3.05) is 18.0 Å². The van der Waals surface area contributed by atoms with Crippen molar-refractivity contribution in [1.29, 1.82) is 0 Å². The van der Waals surface area contributed by atoms with Crippen molar-refractivity contribution in [3.8, 4) is 0 Å². The average Bonchev–Trinajstić information content (AvgIpc) is 2.15. The quantitative estimate of drug-likeness (QED) is 0.861. The van der Waals surface area contributed by atoms with Crippen LogP contribution in [0.15, 0.2) is 16.7 Å². The lowest BCUT2D eigenvalue weighted by Gasteiger charge is -2.38. The van der Waals surface area contributed by atoms with Crippen molar-refractivity contribution in [2.24, 2.45) is 0 Å². The van der Waals surface area contributed by atoms with Crippen LogP contribution < -0.4 is 4.90 Å². The highest BCUT2D eigenvalue weighted by Gasteiger charge is 2.29. The Bertz CT molecular complexity index is 393. The van der Waals surface area contributed by atoms with Crippen LogP contribution in [-0.4, -0.2) is 28.8 Å². The second-order valence-corrected chi connectivity index (χ2v) is 5.73. The minimum atomic E-state index is -0.584. The van der Waals surface area contributed by atoms with E-state index in [1.54, 1.807) is 0 Å². The van der Waals surface area contributed by atoms with Crippen LogP contribution in [0.1, 0.15) is 25.3 Å². The summed E-state index contributed by atoms with van der Waals surface area (Å²) in [6.07, 6.45) is 3.70. The maximum Gasteiger partial charge on any atom is 0.131 e. The molecular formula is C12H17BrN2O. The van der Waals surface area contributed by atoms with E-state index in [-0.39, 0.29) is 0 Å². The van der Waals surface area contributed by atoms with Crippen LogP contribution in [0.2, 0.25) is 0 Å². The van der Waals surface area contributed by atoms with Gasteiger partial charge in [0, 0.05) is 23.8 Å². The minimum Gasteiger partial charge on any atom is -0.388 e. The average molecular weight is 285 g/mol. The molecule has 1 aliphatic heterocycles. The molecule has 1 atom stereocenters. The SMILES string of the molecule is Cc1cc(Br)cnc1N1CCCC(C)(O)C1. The maximum atomic E-state index is 10.1. The van der Waals surface area contributed by atoms with E-state index in [4.69, 9.17) is 0 Å². The number of nitrogens with zero attached hydrogens (tertiary/aromatic N) is 2. The van der Waals surface area contributed by atoms with Gasteiger partial charge in [0.05, 0.1) is 5.60 Å². The number of anilines is 1. The second-order valence-electron chi connectivity index (χ2n) is 4.82. The summed E-state index contributed by atoms with van der Waals surface area (Å²) in [5, 5.41) is 10.1. The molecule has 0 amide bonds. The van der Waals surface area contributed by atoms with Gasteiger partial charge in [-0.25, -0.2) is 4.98 Å². The smallest absolute Gasteiger partial charge is 0.131 e. The third-order valence-electron chi connectivity index (χ3n) is 2.99. The molecular weight excluding hydrogens is 268 g/mol. The fourth-order valence-electron chi connectivity index (χ4n) is 2.27. The van der Waals surface area contributed by atoms with Gasteiger partial charge in [-0.2, -0.15) is 0 Å². The molecule has 1 aromatic rings. The van der Waals surface area contributed by atoms with Crippen LogP contribution in [0.4, 0.5) is 5.82 Å². The lowest BCUT2D eigenvalue weighted by molar-refractivity contribution is 0.0447.